The van der Waals surface area contributed by atoms with E-state index in [1.807, 2.05) is 32.0 Å². The van der Waals surface area contributed by atoms with Crippen LogP contribution in [0.4, 0.5) is 14.9 Å². The molecular weight excluding hydrogens is 307 g/mol. The van der Waals surface area contributed by atoms with Gasteiger partial charge in [-0.05, 0) is 49.1 Å². The number of aryl methyl sites for hydroxylation is 2. The second kappa shape index (κ2) is 7.45. The summed E-state index contributed by atoms with van der Waals surface area (Å²) in [6.45, 7) is 5.55. The summed E-state index contributed by atoms with van der Waals surface area (Å²) < 4.78 is 13.0. The van der Waals surface area contributed by atoms with Crippen LogP contribution in [0.5, 0.6) is 0 Å². The van der Waals surface area contributed by atoms with Crippen molar-refractivity contribution in [3.05, 3.63) is 65.0 Å². The average molecular weight is 330 g/mol. The number of benzene rings is 2. The number of amides is 2. The Balaban J connectivity index is 2.02. The van der Waals surface area contributed by atoms with Gasteiger partial charge in [-0.15, -0.1) is 0 Å². The molecule has 5 heteroatoms. The number of aliphatic hydroxyl groups is 1. The molecule has 2 rings (SSSR count). The molecule has 2 aromatic rings. The van der Waals surface area contributed by atoms with Gasteiger partial charge in [-0.3, -0.25) is 0 Å². The molecular formula is C19H23FN2O2. The van der Waals surface area contributed by atoms with Gasteiger partial charge in [0.25, 0.3) is 0 Å². The first-order chi connectivity index (χ1) is 11.3. The van der Waals surface area contributed by atoms with Gasteiger partial charge in [-0.25, -0.2) is 9.18 Å². The first-order valence-electron chi connectivity index (χ1n) is 7.95. The Morgan fingerprint density at radius 3 is 2.50 bits per heavy atom. The number of anilines is 1. The lowest BCUT2D eigenvalue weighted by atomic mass is 9.96. The SMILES string of the molecule is CCc1cccc(C)c1NC(=O)NCC(C)(O)c1ccc(F)cc1. The van der Waals surface area contributed by atoms with Gasteiger partial charge in [0.2, 0.25) is 0 Å². The molecule has 0 bridgehead atoms. The lowest BCUT2D eigenvalue weighted by Gasteiger charge is -2.24. The fourth-order valence-electron chi connectivity index (χ4n) is 2.52. The Hall–Kier alpha value is -2.40. The molecule has 1 atom stereocenters. The van der Waals surface area contributed by atoms with Gasteiger partial charge in [0.05, 0.1) is 6.54 Å². The number of halogens is 1. The Morgan fingerprint density at radius 1 is 1.21 bits per heavy atom. The maximum atomic E-state index is 13.0. The Labute approximate surface area is 141 Å². The zero-order valence-corrected chi connectivity index (χ0v) is 14.2. The third-order valence-electron chi connectivity index (χ3n) is 4.04. The topological polar surface area (TPSA) is 61.4 Å². The van der Waals surface area contributed by atoms with E-state index in [0.29, 0.717) is 5.56 Å². The summed E-state index contributed by atoms with van der Waals surface area (Å²) in [7, 11) is 0. The first-order valence-corrected chi connectivity index (χ1v) is 7.95. The van der Waals surface area contributed by atoms with Crippen LogP contribution in [0.3, 0.4) is 0 Å². The van der Waals surface area contributed by atoms with Crippen LogP contribution >= 0.6 is 0 Å². The molecule has 1 unspecified atom stereocenters. The Kier molecular flexibility index (Phi) is 5.57. The molecule has 0 spiro atoms. The molecule has 0 fully saturated rings. The largest absolute Gasteiger partial charge is 0.384 e. The quantitative estimate of drug-likeness (QED) is 0.782. The van der Waals surface area contributed by atoms with Crippen LogP contribution < -0.4 is 10.6 Å². The summed E-state index contributed by atoms with van der Waals surface area (Å²) in [6.07, 6.45) is 0.810. The minimum absolute atomic E-state index is 0.0117. The average Bonchev–Trinajstić information content (AvgIpc) is 2.55. The van der Waals surface area contributed by atoms with E-state index in [1.54, 1.807) is 6.92 Å². The summed E-state index contributed by atoms with van der Waals surface area (Å²) >= 11 is 0. The van der Waals surface area contributed by atoms with E-state index < -0.39 is 5.60 Å². The zero-order chi connectivity index (χ0) is 17.7. The molecule has 24 heavy (non-hydrogen) atoms. The van der Waals surface area contributed by atoms with E-state index >= 15 is 0 Å². The van der Waals surface area contributed by atoms with E-state index in [0.717, 1.165) is 23.2 Å². The fourth-order valence-corrected chi connectivity index (χ4v) is 2.52. The molecule has 4 nitrogen and oxygen atoms in total. The van der Waals surface area contributed by atoms with Crippen molar-refractivity contribution in [1.29, 1.82) is 0 Å². The summed E-state index contributed by atoms with van der Waals surface area (Å²) in [5.41, 5.74) is 2.07. The van der Waals surface area contributed by atoms with E-state index in [4.69, 9.17) is 0 Å². The predicted octanol–water partition coefficient (Wildman–Crippen LogP) is 3.73. The van der Waals surface area contributed by atoms with Crippen molar-refractivity contribution in [2.45, 2.75) is 32.8 Å². The van der Waals surface area contributed by atoms with Crippen molar-refractivity contribution < 1.29 is 14.3 Å². The number of carbonyl (C=O) groups is 1. The highest BCUT2D eigenvalue weighted by atomic mass is 19.1. The number of urea groups is 1. The molecule has 0 saturated heterocycles. The molecule has 0 heterocycles. The van der Waals surface area contributed by atoms with Crippen LogP contribution in [-0.4, -0.2) is 17.7 Å². The van der Waals surface area contributed by atoms with Crippen LogP contribution in [0.1, 0.15) is 30.5 Å². The van der Waals surface area contributed by atoms with Crippen molar-refractivity contribution in [1.82, 2.24) is 5.32 Å². The van der Waals surface area contributed by atoms with E-state index in [9.17, 15) is 14.3 Å². The Bertz CT molecular complexity index is 712. The van der Waals surface area contributed by atoms with Gasteiger partial charge in [0.15, 0.2) is 0 Å². The standard InChI is InChI=1S/C19H23FN2O2/c1-4-14-7-5-6-13(2)17(14)22-18(23)21-12-19(3,24)15-8-10-16(20)11-9-15/h5-11,24H,4,12H2,1-3H3,(H2,21,22,23). The van der Waals surface area contributed by atoms with E-state index in [2.05, 4.69) is 10.6 Å². The first kappa shape index (κ1) is 17.9. The summed E-state index contributed by atoms with van der Waals surface area (Å²) in [4.78, 5) is 12.2. The van der Waals surface area contributed by atoms with Crippen LogP contribution in [0, 0.1) is 12.7 Å². The summed E-state index contributed by atoms with van der Waals surface area (Å²) in [5, 5.41) is 16.0. The third-order valence-corrected chi connectivity index (χ3v) is 4.04. The minimum atomic E-state index is -1.29. The maximum absolute atomic E-state index is 13.0. The second-order valence-corrected chi connectivity index (χ2v) is 6.05. The highest BCUT2D eigenvalue weighted by molar-refractivity contribution is 5.91. The summed E-state index contributed by atoms with van der Waals surface area (Å²) in [6, 6.07) is 11.0. The normalized spacial score (nSPS) is 13.2. The molecule has 0 saturated carbocycles. The number of carbonyl (C=O) groups excluding carboxylic acids is 1. The molecule has 0 aromatic heterocycles. The number of hydrogen-bond acceptors (Lipinski definition) is 2. The second-order valence-electron chi connectivity index (χ2n) is 6.05. The number of nitrogens with one attached hydrogen (secondary N) is 2. The highest BCUT2D eigenvalue weighted by Crippen LogP contribution is 2.22. The molecule has 2 aromatic carbocycles. The van der Waals surface area contributed by atoms with Crippen molar-refractivity contribution >= 4 is 11.7 Å². The smallest absolute Gasteiger partial charge is 0.319 e. The monoisotopic (exact) mass is 330 g/mol. The van der Waals surface area contributed by atoms with Gasteiger partial charge in [-0.1, -0.05) is 37.3 Å². The molecule has 0 aliphatic heterocycles. The number of rotatable bonds is 5. The van der Waals surface area contributed by atoms with Crippen LogP contribution in [0.25, 0.3) is 0 Å². The van der Waals surface area contributed by atoms with E-state index in [-0.39, 0.29) is 18.4 Å². The van der Waals surface area contributed by atoms with Gasteiger partial charge in [-0.2, -0.15) is 0 Å². The lowest BCUT2D eigenvalue weighted by molar-refractivity contribution is 0.0599. The molecule has 128 valence electrons. The van der Waals surface area contributed by atoms with Crippen LogP contribution in [0.2, 0.25) is 0 Å². The van der Waals surface area contributed by atoms with Crippen molar-refractivity contribution in [2.24, 2.45) is 0 Å². The summed E-state index contributed by atoms with van der Waals surface area (Å²) in [5.74, 6) is -0.369. The minimum Gasteiger partial charge on any atom is -0.384 e. The van der Waals surface area contributed by atoms with Gasteiger partial charge in [0, 0.05) is 5.69 Å². The predicted molar refractivity (Wildman–Crippen MR) is 93.5 cm³/mol. The third kappa shape index (κ3) is 4.32. The van der Waals surface area contributed by atoms with E-state index in [1.165, 1.54) is 24.3 Å². The van der Waals surface area contributed by atoms with Crippen molar-refractivity contribution in [2.75, 3.05) is 11.9 Å². The number of para-hydroxylation sites is 1. The Morgan fingerprint density at radius 2 is 1.88 bits per heavy atom. The maximum Gasteiger partial charge on any atom is 0.319 e. The van der Waals surface area contributed by atoms with Gasteiger partial charge in [0.1, 0.15) is 11.4 Å². The van der Waals surface area contributed by atoms with Crippen LogP contribution in [-0.2, 0) is 12.0 Å². The van der Waals surface area contributed by atoms with Crippen molar-refractivity contribution in [3.63, 3.8) is 0 Å². The van der Waals surface area contributed by atoms with Gasteiger partial charge >= 0.3 is 6.03 Å². The fraction of sp³-hybridized carbons (Fsp3) is 0.316. The van der Waals surface area contributed by atoms with Gasteiger partial charge < -0.3 is 15.7 Å². The molecule has 0 aliphatic carbocycles. The highest BCUT2D eigenvalue weighted by Gasteiger charge is 2.24. The molecule has 0 radical (unpaired) electrons. The number of hydrogen-bond donors (Lipinski definition) is 3. The molecule has 0 aliphatic rings. The molecule has 3 N–H and O–H groups in total. The lowest BCUT2D eigenvalue weighted by Crippen LogP contribution is -2.40. The zero-order valence-electron chi connectivity index (χ0n) is 14.2. The van der Waals surface area contributed by atoms with Crippen molar-refractivity contribution in [3.8, 4) is 0 Å². The molecule has 2 amide bonds. The van der Waals surface area contributed by atoms with Crippen LogP contribution in [0.15, 0.2) is 42.5 Å².